The van der Waals surface area contributed by atoms with Crippen LogP contribution in [0.2, 0.25) is 0 Å². The Hall–Kier alpha value is -3.72. The highest BCUT2D eigenvalue weighted by Crippen LogP contribution is 2.28. The predicted octanol–water partition coefficient (Wildman–Crippen LogP) is 4.90. The van der Waals surface area contributed by atoms with Crippen LogP contribution in [0.25, 0.3) is 10.4 Å². The number of benzene rings is 2. The molecule has 41 heavy (non-hydrogen) atoms. The maximum atomic E-state index is 13.8. The van der Waals surface area contributed by atoms with E-state index < -0.39 is 17.5 Å². The van der Waals surface area contributed by atoms with Gasteiger partial charge in [0.05, 0.1) is 23.2 Å². The van der Waals surface area contributed by atoms with Gasteiger partial charge in [0.2, 0.25) is 17.7 Å². The highest BCUT2D eigenvalue weighted by Gasteiger charge is 2.41. The molecule has 1 saturated heterocycles. The first-order valence-corrected chi connectivity index (χ1v) is 14.9. The van der Waals surface area contributed by atoms with E-state index in [1.807, 2.05) is 81.7 Å². The molecule has 2 aromatic carbocycles. The molecule has 2 unspecified atom stereocenters. The fourth-order valence-electron chi connectivity index (χ4n) is 5.10. The molecule has 8 nitrogen and oxygen atoms in total. The molecule has 3 aromatic rings. The van der Waals surface area contributed by atoms with Gasteiger partial charge in [0, 0.05) is 19.5 Å². The van der Waals surface area contributed by atoms with E-state index >= 15 is 0 Å². The van der Waals surface area contributed by atoms with Crippen molar-refractivity contribution in [2.45, 2.75) is 72.0 Å². The van der Waals surface area contributed by atoms with Gasteiger partial charge in [-0.3, -0.25) is 14.4 Å². The van der Waals surface area contributed by atoms with E-state index in [1.54, 1.807) is 23.3 Å². The number of nitrogens with zero attached hydrogens (tertiary/aromatic N) is 2. The number of nitrogens with one attached hydrogen (secondary N) is 2. The molecule has 0 aliphatic carbocycles. The summed E-state index contributed by atoms with van der Waals surface area (Å²) in [7, 11) is 1.61. The van der Waals surface area contributed by atoms with Crippen LogP contribution in [0.5, 0.6) is 5.75 Å². The number of likely N-dealkylation sites (tertiary alicyclic amines) is 1. The lowest BCUT2D eigenvalue weighted by Crippen LogP contribution is -2.57. The van der Waals surface area contributed by atoms with Crippen LogP contribution >= 0.6 is 11.3 Å². The Labute approximate surface area is 246 Å². The standard InChI is InChI=1S/C32H40N4O4S/c1-21-28(41-20-34-21)24-14-11-23(12-15-24)19-33-30(38)26-10-7-17-36(26)31(39)29(32(2,3)4)35-27(37)16-13-22-8-6-9-25(18-22)40-5/h6,8-9,11-12,14-15,18,20,26,29H,7,10,13,16-17,19H2,1-5H3,(H,33,38)(H,35,37). The third kappa shape index (κ3) is 7.73. The van der Waals surface area contributed by atoms with Crippen LogP contribution in [0, 0.1) is 12.3 Å². The van der Waals surface area contributed by atoms with Crippen molar-refractivity contribution in [1.29, 1.82) is 0 Å². The lowest BCUT2D eigenvalue weighted by molar-refractivity contribution is -0.143. The van der Waals surface area contributed by atoms with Crippen LogP contribution in [0.3, 0.4) is 0 Å². The summed E-state index contributed by atoms with van der Waals surface area (Å²) in [5.41, 5.74) is 5.39. The SMILES string of the molecule is COc1cccc(CCC(=O)NC(C(=O)N2CCCC2C(=O)NCc2ccc(-c3scnc3C)cc2)C(C)(C)C)c1. The van der Waals surface area contributed by atoms with Crippen molar-refractivity contribution in [2.75, 3.05) is 13.7 Å². The second-order valence-electron chi connectivity index (χ2n) is 11.6. The molecule has 1 aromatic heterocycles. The number of amides is 3. The minimum atomic E-state index is -0.739. The third-order valence-corrected chi connectivity index (χ3v) is 8.44. The van der Waals surface area contributed by atoms with Crippen molar-refractivity contribution in [3.05, 3.63) is 70.9 Å². The summed E-state index contributed by atoms with van der Waals surface area (Å²) < 4.78 is 5.27. The molecule has 1 aliphatic heterocycles. The number of aryl methyl sites for hydroxylation is 2. The highest BCUT2D eigenvalue weighted by molar-refractivity contribution is 7.13. The van der Waals surface area contributed by atoms with Gasteiger partial charge in [-0.05, 0) is 60.4 Å². The molecule has 0 saturated carbocycles. The van der Waals surface area contributed by atoms with Gasteiger partial charge in [-0.1, -0.05) is 57.2 Å². The average molecular weight is 577 g/mol. The molecule has 2 heterocycles. The molecule has 2 atom stereocenters. The van der Waals surface area contributed by atoms with Crippen LogP contribution in [0.1, 0.15) is 56.9 Å². The number of methoxy groups -OCH3 is 1. The van der Waals surface area contributed by atoms with E-state index in [1.165, 1.54) is 0 Å². The first kappa shape index (κ1) is 30.2. The van der Waals surface area contributed by atoms with Crippen molar-refractivity contribution >= 4 is 29.1 Å². The quantitative estimate of drug-likeness (QED) is 0.358. The summed E-state index contributed by atoms with van der Waals surface area (Å²) in [4.78, 5) is 47.0. The minimum absolute atomic E-state index is 0.171. The monoisotopic (exact) mass is 576 g/mol. The van der Waals surface area contributed by atoms with Gasteiger partial charge < -0.3 is 20.3 Å². The second kappa shape index (κ2) is 13.3. The van der Waals surface area contributed by atoms with E-state index in [-0.39, 0.29) is 24.1 Å². The van der Waals surface area contributed by atoms with Gasteiger partial charge in [0.1, 0.15) is 17.8 Å². The van der Waals surface area contributed by atoms with Gasteiger partial charge in [-0.2, -0.15) is 0 Å². The topological polar surface area (TPSA) is 101 Å². The second-order valence-corrected chi connectivity index (χ2v) is 12.4. The van der Waals surface area contributed by atoms with E-state index in [2.05, 4.69) is 15.6 Å². The van der Waals surface area contributed by atoms with Crippen molar-refractivity contribution in [2.24, 2.45) is 5.41 Å². The zero-order valence-corrected chi connectivity index (χ0v) is 25.3. The Kier molecular flexibility index (Phi) is 9.81. The molecule has 0 radical (unpaired) electrons. The van der Waals surface area contributed by atoms with E-state index in [4.69, 9.17) is 4.74 Å². The van der Waals surface area contributed by atoms with Gasteiger partial charge in [-0.15, -0.1) is 11.3 Å². The first-order chi connectivity index (χ1) is 19.6. The highest BCUT2D eigenvalue weighted by atomic mass is 32.1. The summed E-state index contributed by atoms with van der Waals surface area (Å²) in [5, 5.41) is 5.99. The molecule has 218 valence electrons. The Balaban J connectivity index is 1.35. The Morgan fingerprint density at radius 2 is 1.88 bits per heavy atom. The molecule has 2 N–H and O–H groups in total. The lowest BCUT2D eigenvalue weighted by atomic mass is 9.85. The molecule has 1 fully saturated rings. The van der Waals surface area contributed by atoms with Gasteiger partial charge in [-0.25, -0.2) is 4.98 Å². The smallest absolute Gasteiger partial charge is 0.246 e. The van der Waals surface area contributed by atoms with E-state index in [0.717, 1.165) is 39.4 Å². The summed E-state index contributed by atoms with van der Waals surface area (Å²) in [6, 6.07) is 14.4. The molecule has 1 aliphatic rings. The van der Waals surface area contributed by atoms with Crippen LogP contribution in [-0.4, -0.2) is 53.3 Å². The molecule has 9 heteroatoms. The lowest BCUT2D eigenvalue weighted by Gasteiger charge is -2.35. The normalized spacial score (nSPS) is 15.8. The Bertz CT molecular complexity index is 1360. The number of carbonyl (C=O) groups is 3. The fourth-order valence-corrected chi connectivity index (χ4v) is 5.91. The Morgan fingerprint density at radius 1 is 1.12 bits per heavy atom. The molecule has 4 rings (SSSR count). The molecule has 0 spiro atoms. The molecular weight excluding hydrogens is 536 g/mol. The van der Waals surface area contributed by atoms with Gasteiger partial charge >= 0.3 is 0 Å². The summed E-state index contributed by atoms with van der Waals surface area (Å²) in [6.45, 7) is 8.66. The molecule has 0 bridgehead atoms. The summed E-state index contributed by atoms with van der Waals surface area (Å²) in [6.07, 6.45) is 2.13. The van der Waals surface area contributed by atoms with Gasteiger partial charge in [0.25, 0.3) is 0 Å². The number of hydrogen-bond donors (Lipinski definition) is 2. The van der Waals surface area contributed by atoms with Crippen molar-refractivity contribution in [3.8, 4) is 16.2 Å². The number of thiazole rings is 1. The predicted molar refractivity (Wildman–Crippen MR) is 162 cm³/mol. The largest absolute Gasteiger partial charge is 0.497 e. The van der Waals surface area contributed by atoms with Crippen LogP contribution in [0.4, 0.5) is 0 Å². The summed E-state index contributed by atoms with van der Waals surface area (Å²) in [5.74, 6) is 0.162. The van der Waals surface area contributed by atoms with Crippen LogP contribution < -0.4 is 15.4 Å². The van der Waals surface area contributed by atoms with Crippen molar-refractivity contribution in [1.82, 2.24) is 20.5 Å². The van der Waals surface area contributed by atoms with Gasteiger partial charge in [0.15, 0.2) is 0 Å². The maximum absolute atomic E-state index is 13.8. The number of ether oxygens (including phenoxy) is 1. The number of rotatable bonds is 10. The van der Waals surface area contributed by atoms with Crippen molar-refractivity contribution in [3.63, 3.8) is 0 Å². The van der Waals surface area contributed by atoms with E-state index in [9.17, 15) is 14.4 Å². The zero-order chi connectivity index (χ0) is 29.6. The van der Waals surface area contributed by atoms with Crippen LogP contribution in [-0.2, 0) is 27.3 Å². The number of hydrogen-bond acceptors (Lipinski definition) is 6. The maximum Gasteiger partial charge on any atom is 0.246 e. The number of carbonyl (C=O) groups excluding carboxylic acids is 3. The number of aromatic nitrogens is 1. The molecule has 3 amide bonds. The average Bonchev–Trinajstić information content (AvgIpc) is 3.62. The first-order valence-electron chi connectivity index (χ1n) is 14.1. The van der Waals surface area contributed by atoms with E-state index in [0.29, 0.717) is 25.9 Å². The van der Waals surface area contributed by atoms with Crippen LogP contribution in [0.15, 0.2) is 54.0 Å². The zero-order valence-electron chi connectivity index (χ0n) is 24.5. The Morgan fingerprint density at radius 3 is 2.54 bits per heavy atom. The fraction of sp³-hybridized carbons (Fsp3) is 0.438. The third-order valence-electron chi connectivity index (χ3n) is 7.46. The summed E-state index contributed by atoms with van der Waals surface area (Å²) >= 11 is 1.61. The van der Waals surface area contributed by atoms with Crippen molar-refractivity contribution < 1.29 is 19.1 Å². The molecular formula is C32H40N4O4S. The minimum Gasteiger partial charge on any atom is -0.497 e.